The molecule has 2 aliphatic rings. The smallest absolute Gasteiger partial charge is 0.120 e. The molecular weight excluding hydrogens is 418 g/mol. The maximum absolute atomic E-state index is 10.9. The number of aliphatic hydroxyl groups is 1. The van der Waals surface area contributed by atoms with Crippen LogP contribution >= 0.6 is 12.8 Å². The van der Waals surface area contributed by atoms with E-state index in [0.717, 1.165) is 42.6 Å². The van der Waals surface area contributed by atoms with Crippen LogP contribution in [0.25, 0.3) is 0 Å². The highest BCUT2D eigenvalue weighted by molar-refractivity contribution is 7.77. The molecule has 0 saturated carbocycles. The summed E-state index contributed by atoms with van der Waals surface area (Å²) in [6.07, 6.45) is 3.96. The van der Waals surface area contributed by atoms with E-state index in [1.807, 2.05) is 10.6 Å². The summed E-state index contributed by atoms with van der Waals surface area (Å²) < 4.78 is 1.86. The minimum atomic E-state index is 0.0270. The summed E-state index contributed by atoms with van der Waals surface area (Å²) in [4.78, 5) is 0. The number of rotatable bonds is 5. The van der Waals surface area contributed by atoms with Crippen LogP contribution in [0.4, 0.5) is 0 Å². The van der Waals surface area contributed by atoms with E-state index < -0.39 is 0 Å². The van der Waals surface area contributed by atoms with Crippen LogP contribution in [0.1, 0.15) is 72.4 Å². The molecule has 1 aliphatic heterocycles. The SMILES string of the molecule is CCC1=C[C@H](C(C)(C)C)CC(CN2CCN(Cc3cc(C(C)(C)C)ccc3O)N2S)=C1O. The van der Waals surface area contributed by atoms with Gasteiger partial charge in [-0.05, 0) is 52.4 Å². The molecule has 1 atom stereocenters. The normalized spacial score (nSPS) is 22.0. The third kappa shape index (κ3) is 5.53. The average Bonchev–Trinajstić information content (AvgIpc) is 3.03. The van der Waals surface area contributed by atoms with Gasteiger partial charge in [-0.15, -0.1) is 4.52 Å². The highest BCUT2D eigenvalue weighted by Crippen LogP contribution is 2.40. The molecule has 1 heterocycles. The highest BCUT2D eigenvalue weighted by atomic mass is 32.1. The van der Waals surface area contributed by atoms with Gasteiger partial charge in [0.2, 0.25) is 0 Å². The summed E-state index contributed by atoms with van der Waals surface area (Å²) in [5, 5.41) is 25.6. The molecule has 6 heteroatoms. The summed E-state index contributed by atoms with van der Waals surface area (Å²) in [6.45, 7) is 18.3. The van der Waals surface area contributed by atoms with Crippen molar-refractivity contribution in [2.75, 3.05) is 19.6 Å². The van der Waals surface area contributed by atoms with Crippen molar-refractivity contribution in [3.05, 3.63) is 52.3 Å². The molecule has 1 fully saturated rings. The fourth-order valence-corrected chi connectivity index (χ4v) is 4.73. The third-order valence-corrected chi connectivity index (χ3v) is 7.30. The molecule has 1 aliphatic carbocycles. The molecule has 0 unspecified atom stereocenters. The van der Waals surface area contributed by atoms with E-state index in [1.54, 1.807) is 6.07 Å². The average molecular weight is 460 g/mol. The van der Waals surface area contributed by atoms with Crippen molar-refractivity contribution in [1.82, 2.24) is 14.5 Å². The zero-order chi connectivity index (χ0) is 23.8. The number of allylic oxidation sites excluding steroid dienone is 2. The van der Waals surface area contributed by atoms with Gasteiger partial charge in [-0.1, -0.05) is 79.5 Å². The molecule has 1 aromatic carbocycles. The number of thiol groups is 1. The van der Waals surface area contributed by atoms with Gasteiger partial charge in [0.25, 0.3) is 0 Å². The minimum absolute atomic E-state index is 0.0270. The first kappa shape index (κ1) is 25.2. The monoisotopic (exact) mass is 459 g/mol. The van der Waals surface area contributed by atoms with Gasteiger partial charge in [0.05, 0.1) is 0 Å². The Kier molecular flexibility index (Phi) is 7.40. The number of phenols is 1. The van der Waals surface area contributed by atoms with Gasteiger partial charge < -0.3 is 10.2 Å². The molecule has 2 N–H and O–H groups in total. The van der Waals surface area contributed by atoms with Crippen LogP contribution in [-0.4, -0.2) is 44.4 Å². The number of hydrazine groups is 2. The van der Waals surface area contributed by atoms with Crippen LogP contribution in [0.3, 0.4) is 0 Å². The molecule has 0 radical (unpaired) electrons. The first-order chi connectivity index (χ1) is 14.8. The summed E-state index contributed by atoms with van der Waals surface area (Å²) in [6, 6.07) is 5.89. The van der Waals surface area contributed by atoms with Crippen molar-refractivity contribution in [1.29, 1.82) is 0 Å². The van der Waals surface area contributed by atoms with E-state index in [1.165, 1.54) is 5.56 Å². The van der Waals surface area contributed by atoms with Crippen molar-refractivity contribution >= 4 is 12.8 Å². The predicted molar refractivity (Wildman–Crippen MR) is 135 cm³/mol. The number of phenolic OH excluding ortho intramolecular Hbond substituents is 1. The number of nitrogens with zero attached hydrogens (tertiary/aromatic N) is 3. The van der Waals surface area contributed by atoms with Crippen LogP contribution < -0.4 is 0 Å². The second kappa shape index (κ2) is 9.41. The van der Waals surface area contributed by atoms with Crippen molar-refractivity contribution in [2.45, 2.75) is 73.3 Å². The Balaban J connectivity index is 1.74. The largest absolute Gasteiger partial charge is 0.508 e. The predicted octanol–water partition coefficient (Wildman–Crippen LogP) is 6.00. The second-order valence-corrected chi connectivity index (χ2v) is 11.7. The molecule has 178 valence electrons. The van der Waals surface area contributed by atoms with Crippen LogP contribution in [0, 0.1) is 11.3 Å². The second-order valence-electron chi connectivity index (χ2n) is 11.3. The van der Waals surface area contributed by atoms with E-state index in [2.05, 4.69) is 70.6 Å². The zero-order valence-corrected chi connectivity index (χ0v) is 21.7. The van der Waals surface area contributed by atoms with Gasteiger partial charge in [-0.2, -0.15) is 0 Å². The van der Waals surface area contributed by atoms with Crippen LogP contribution in [-0.2, 0) is 12.0 Å². The van der Waals surface area contributed by atoms with E-state index in [-0.39, 0.29) is 10.8 Å². The van der Waals surface area contributed by atoms with Gasteiger partial charge in [0, 0.05) is 31.7 Å². The topological polar surface area (TPSA) is 50.2 Å². The van der Waals surface area contributed by atoms with E-state index in [0.29, 0.717) is 30.5 Å². The lowest BCUT2D eigenvalue weighted by molar-refractivity contribution is -0.0198. The van der Waals surface area contributed by atoms with Crippen molar-refractivity contribution in [3.63, 3.8) is 0 Å². The molecule has 0 aromatic heterocycles. The fraction of sp³-hybridized carbons (Fsp3) is 0.615. The molecule has 0 amide bonds. The Hall–Kier alpha value is -1.47. The maximum atomic E-state index is 10.9. The van der Waals surface area contributed by atoms with Crippen LogP contribution in [0.15, 0.2) is 41.2 Å². The molecule has 1 saturated heterocycles. The lowest BCUT2D eigenvalue weighted by Crippen LogP contribution is -2.39. The van der Waals surface area contributed by atoms with Gasteiger partial charge in [-0.25, -0.2) is 10.0 Å². The van der Waals surface area contributed by atoms with E-state index >= 15 is 0 Å². The number of hydrogen-bond donors (Lipinski definition) is 3. The van der Waals surface area contributed by atoms with Gasteiger partial charge in [0.1, 0.15) is 11.5 Å². The molecule has 0 bridgehead atoms. The van der Waals surface area contributed by atoms with E-state index in [9.17, 15) is 10.2 Å². The lowest BCUT2D eigenvalue weighted by Gasteiger charge is -2.35. The standard InChI is InChI=1S/C26H41N3O2S/c1-8-18-13-22(26(5,6)7)15-20(24(18)31)17-28-12-11-27(29(28)32)16-19-14-21(25(2,3)4)9-10-23(19)30/h9-10,13-14,22,30-32H,8,11-12,15-17H2,1-7H3/t22-/m0/s1. The number of benzene rings is 1. The summed E-state index contributed by atoms with van der Waals surface area (Å²) in [7, 11) is 0. The Morgan fingerprint density at radius 1 is 1.00 bits per heavy atom. The molecule has 0 spiro atoms. The van der Waals surface area contributed by atoms with Crippen LogP contribution in [0.5, 0.6) is 5.75 Å². The molecule has 32 heavy (non-hydrogen) atoms. The van der Waals surface area contributed by atoms with Gasteiger partial charge in [0.15, 0.2) is 0 Å². The molecule has 5 nitrogen and oxygen atoms in total. The number of hydrogen-bond acceptors (Lipinski definition) is 6. The van der Waals surface area contributed by atoms with Crippen LogP contribution in [0.2, 0.25) is 0 Å². The van der Waals surface area contributed by atoms with E-state index in [4.69, 9.17) is 12.8 Å². The van der Waals surface area contributed by atoms with Crippen molar-refractivity contribution in [3.8, 4) is 5.75 Å². The fourth-order valence-electron chi connectivity index (χ4n) is 4.42. The van der Waals surface area contributed by atoms with Crippen molar-refractivity contribution < 1.29 is 10.2 Å². The first-order valence-electron chi connectivity index (χ1n) is 11.7. The number of aliphatic hydroxyl groups excluding tert-OH is 1. The Labute approximate surface area is 199 Å². The first-order valence-corrected chi connectivity index (χ1v) is 12.1. The Morgan fingerprint density at radius 2 is 1.62 bits per heavy atom. The number of aromatic hydroxyl groups is 1. The molecule has 1 aromatic rings. The van der Waals surface area contributed by atoms with Gasteiger partial charge in [-0.3, -0.25) is 0 Å². The summed E-state index contributed by atoms with van der Waals surface area (Å²) in [5.74, 6) is 1.19. The Morgan fingerprint density at radius 3 is 2.19 bits per heavy atom. The molecule has 3 rings (SSSR count). The Bertz CT molecular complexity index is 895. The quantitative estimate of drug-likeness (QED) is 0.472. The maximum Gasteiger partial charge on any atom is 0.120 e. The summed E-state index contributed by atoms with van der Waals surface area (Å²) >= 11 is 4.77. The summed E-state index contributed by atoms with van der Waals surface area (Å²) in [5.41, 5.74) is 4.43. The lowest BCUT2D eigenvalue weighted by atomic mass is 9.73. The third-order valence-electron chi connectivity index (χ3n) is 6.79. The van der Waals surface area contributed by atoms with Gasteiger partial charge >= 0.3 is 0 Å². The minimum Gasteiger partial charge on any atom is -0.508 e. The zero-order valence-electron chi connectivity index (χ0n) is 20.8. The highest BCUT2D eigenvalue weighted by Gasteiger charge is 2.34. The van der Waals surface area contributed by atoms with Crippen molar-refractivity contribution in [2.24, 2.45) is 11.3 Å². The molecular formula is C26H41N3O2S.